The predicted molar refractivity (Wildman–Crippen MR) is 91.3 cm³/mol. The highest BCUT2D eigenvalue weighted by atomic mass is 16.0. The second-order valence-electron chi connectivity index (χ2n) is 5.42. The summed E-state index contributed by atoms with van der Waals surface area (Å²) in [4.78, 5) is 0. The first-order chi connectivity index (χ1) is 9.93. The zero-order chi connectivity index (χ0) is 13.1. The van der Waals surface area contributed by atoms with Crippen LogP contribution in [0.15, 0.2) is 72.8 Å². The summed E-state index contributed by atoms with van der Waals surface area (Å²) >= 11 is 0. The first-order valence-corrected chi connectivity index (χ1v) is 6.98. The summed E-state index contributed by atoms with van der Waals surface area (Å²) in [5, 5.41) is 10.9. The molecule has 0 amide bonds. The van der Waals surface area contributed by atoms with Crippen molar-refractivity contribution in [3.8, 4) is 0 Å². The van der Waals surface area contributed by atoms with Crippen LogP contribution in [0, 0.1) is 0 Å². The molecule has 0 saturated carbocycles. The summed E-state index contributed by atoms with van der Waals surface area (Å²) in [6.07, 6.45) is 0. The van der Waals surface area contributed by atoms with Crippen LogP contribution in [-0.2, 0) is 0 Å². The van der Waals surface area contributed by atoms with Crippen molar-refractivity contribution < 1.29 is 5.48 Å². The van der Waals surface area contributed by atoms with E-state index in [4.69, 9.17) is 0 Å². The van der Waals surface area contributed by atoms with Gasteiger partial charge in [0.1, 0.15) is 0 Å². The van der Waals surface area contributed by atoms with Crippen molar-refractivity contribution in [2.75, 3.05) is 0 Å². The smallest absolute Gasteiger partial charge is 0.00203 e. The van der Waals surface area contributed by atoms with E-state index < -0.39 is 0 Å². The van der Waals surface area contributed by atoms with Crippen molar-refractivity contribution in [1.29, 1.82) is 0 Å². The summed E-state index contributed by atoms with van der Waals surface area (Å²) in [5.41, 5.74) is 0. The third-order valence-electron chi connectivity index (χ3n) is 4.39. The summed E-state index contributed by atoms with van der Waals surface area (Å²) in [5.74, 6) is 0. The minimum atomic E-state index is 0. The molecule has 1 heteroatoms. The lowest BCUT2D eigenvalue weighted by atomic mass is 9.89. The number of hydrogen-bond donors (Lipinski definition) is 0. The summed E-state index contributed by atoms with van der Waals surface area (Å²) in [7, 11) is 0. The van der Waals surface area contributed by atoms with Crippen LogP contribution in [0.5, 0.6) is 0 Å². The quantitative estimate of drug-likeness (QED) is 0.283. The largest absolute Gasteiger partial charge is 0.412 e. The second kappa shape index (κ2) is 4.18. The SMILES string of the molecule is O.c1ccc2c(c1)c1cccc3ccc4cccc2c4c31. The Morgan fingerprint density at radius 2 is 0.810 bits per heavy atom. The molecule has 0 spiro atoms. The summed E-state index contributed by atoms with van der Waals surface area (Å²) in [6.45, 7) is 0. The molecule has 0 aliphatic heterocycles. The van der Waals surface area contributed by atoms with Gasteiger partial charge in [-0.3, -0.25) is 0 Å². The van der Waals surface area contributed by atoms with Crippen LogP contribution in [0.2, 0.25) is 0 Å². The normalized spacial score (nSPS) is 11.4. The molecule has 21 heavy (non-hydrogen) atoms. The van der Waals surface area contributed by atoms with Crippen LogP contribution >= 0.6 is 0 Å². The summed E-state index contributed by atoms with van der Waals surface area (Å²) < 4.78 is 0. The fraction of sp³-hybridized carbons (Fsp3) is 0. The van der Waals surface area contributed by atoms with Crippen molar-refractivity contribution in [3.05, 3.63) is 72.8 Å². The van der Waals surface area contributed by atoms with Crippen molar-refractivity contribution >= 4 is 43.1 Å². The molecule has 2 N–H and O–H groups in total. The Hall–Kier alpha value is -2.64. The number of benzene rings is 5. The molecule has 0 saturated heterocycles. The number of hydrogen-bond acceptors (Lipinski definition) is 0. The first kappa shape index (κ1) is 12.1. The van der Waals surface area contributed by atoms with Gasteiger partial charge in [0.15, 0.2) is 0 Å². The van der Waals surface area contributed by atoms with Gasteiger partial charge in [-0.15, -0.1) is 0 Å². The highest BCUT2D eigenvalue weighted by molar-refractivity contribution is 6.33. The Morgan fingerprint density at radius 3 is 1.29 bits per heavy atom. The lowest BCUT2D eigenvalue weighted by Crippen LogP contribution is -1.86. The minimum absolute atomic E-state index is 0. The maximum Gasteiger partial charge on any atom is -0.00203 e. The van der Waals surface area contributed by atoms with E-state index in [2.05, 4.69) is 72.8 Å². The molecule has 0 aromatic heterocycles. The van der Waals surface area contributed by atoms with Crippen LogP contribution in [0.3, 0.4) is 0 Å². The molecular weight excluding hydrogens is 256 g/mol. The molecule has 0 aliphatic carbocycles. The predicted octanol–water partition coefficient (Wildman–Crippen LogP) is 4.91. The van der Waals surface area contributed by atoms with E-state index in [0.717, 1.165) is 0 Å². The Balaban J connectivity index is 0.00000115. The second-order valence-corrected chi connectivity index (χ2v) is 5.42. The minimum Gasteiger partial charge on any atom is -0.412 e. The van der Waals surface area contributed by atoms with Gasteiger partial charge in [0.05, 0.1) is 0 Å². The van der Waals surface area contributed by atoms with Crippen LogP contribution in [0.4, 0.5) is 0 Å². The van der Waals surface area contributed by atoms with Gasteiger partial charge in [-0.2, -0.15) is 0 Å². The molecule has 0 aliphatic rings. The summed E-state index contributed by atoms with van der Waals surface area (Å²) in [6, 6.07) is 26.4. The fourth-order valence-electron chi connectivity index (χ4n) is 3.56. The molecule has 5 rings (SSSR count). The van der Waals surface area contributed by atoms with Crippen molar-refractivity contribution in [2.45, 2.75) is 0 Å². The van der Waals surface area contributed by atoms with Gasteiger partial charge in [-0.1, -0.05) is 72.8 Å². The van der Waals surface area contributed by atoms with E-state index in [1.165, 1.54) is 43.1 Å². The van der Waals surface area contributed by atoms with Gasteiger partial charge in [0.2, 0.25) is 0 Å². The van der Waals surface area contributed by atoms with Gasteiger partial charge in [-0.25, -0.2) is 0 Å². The standard InChI is InChI=1S/C20H12.H2O/c1-2-8-16-15(7-1)17-9-3-5-13-11-12-14-6-4-10-18(16)20(14)19(13)17;/h1-12H;1H2. The average molecular weight is 270 g/mol. The van der Waals surface area contributed by atoms with Gasteiger partial charge < -0.3 is 5.48 Å². The molecule has 0 unspecified atom stereocenters. The Kier molecular flexibility index (Phi) is 2.41. The van der Waals surface area contributed by atoms with E-state index >= 15 is 0 Å². The number of fused-ring (bicyclic) bond motifs is 3. The average Bonchev–Trinajstić information content (AvgIpc) is 2.53. The third kappa shape index (κ3) is 1.44. The molecule has 0 fully saturated rings. The van der Waals surface area contributed by atoms with Crippen LogP contribution in [0.25, 0.3) is 43.1 Å². The molecule has 0 bridgehead atoms. The Labute approximate surface area is 122 Å². The topological polar surface area (TPSA) is 31.5 Å². The van der Waals surface area contributed by atoms with Gasteiger partial charge in [0.25, 0.3) is 0 Å². The maximum absolute atomic E-state index is 2.25. The van der Waals surface area contributed by atoms with Crippen molar-refractivity contribution in [1.82, 2.24) is 0 Å². The van der Waals surface area contributed by atoms with Gasteiger partial charge in [-0.05, 0) is 43.1 Å². The fourth-order valence-corrected chi connectivity index (χ4v) is 3.56. The van der Waals surface area contributed by atoms with E-state index in [1.54, 1.807) is 0 Å². The van der Waals surface area contributed by atoms with Crippen LogP contribution < -0.4 is 0 Å². The van der Waals surface area contributed by atoms with E-state index in [1.807, 2.05) is 0 Å². The molecule has 0 radical (unpaired) electrons. The zero-order valence-corrected chi connectivity index (χ0v) is 11.4. The van der Waals surface area contributed by atoms with Crippen LogP contribution in [0.1, 0.15) is 0 Å². The maximum atomic E-state index is 2.25. The highest BCUT2D eigenvalue weighted by Crippen LogP contribution is 2.40. The van der Waals surface area contributed by atoms with Gasteiger partial charge >= 0.3 is 0 Å². The molecular formula is C20H14O. The third-order valence-corrected chi connectivity index (χ3v) is 4.39. The zero-order valence-electron chi connectivity index (χ0n) is 11.4. The van der Waals surface area contributed by atoms with E-state index in [-0.39, 0.29) is 5.48 Å². The highest BCUT2D eigenvalue weighted by Gasteiger charge is 2.11. The van der Waals surface area contributed by atoms with E-state index in [9.17, 15) is 0 Å². The Bertz CT molecular complexity index is 1000. The van der Waals surface area contributed by atoms with Crippen molar-refractivity contribution in [2.24, 2.45) is 0 Å². The van der Waals surface area contributed by atoms with Gasteiger partial charge in [0, 0.05) is 0 Å². The molecule has 0 atom stereocenters. The molecule has 100 valence electrons. The van der Waals surface area contributed by atoms with Crippen molar-refractivity contribution in [3.63, 3.8) is 0 Å². The monoisotopic (exact) mass is 270 g/mol. The lowest BCUT2D eigenvalue weighted by Gasteiger charge is -2.14. The molecule has 5 aromatic carbocycles. The van der Waals surface area contributed by atoms with E-state index in [0.29, 0.717) is 0 Å². The molecule has 5 aromatic rings. The lowest BCUT2D eigenvalue weighted by molar-refractivity contribution is 0.824. The number of rotatable bonds is 0. The molecule has 1 nitrogen and oxygen atoms in total. The molecule has 0 heterocycles. The van der Waals surface area contributed by atoms with Crippen LogP contribution in [-0.4, -0.2) is 5.48 Å². The first-order valence-electron chi connectivity index (χ1n) is 6.98. The Morgan fingerprint density at radius 1 is 0.381 bits per heavy atom.